The Kier molecular flexibility index (Phi) is 4.98. The van der Waals surface area contributed by atoms with Crippen LogP contribution in [0.2, 0.25) is 0 Å². The Morgan fingerprint density at radius 2 is 1.78 bits per heavy atom. The predicted molar refractivity (Wildman–Crippen MR) is 65.2 cm³/mol. The highest BCUT2D eigenvalue weighted by molar-refractivity contribution is 5.99. The molecule has 0 radical (unpaired) electrons. The number of nitrogens with one attached hydrogen (secondary N) is 1. The van der Waals surface area contributed by atoms with E-state index in [-0.39, 0.29) is 29.4 Å². The van der Waals surface area contributed by atoms with Gasteiger partial charge in [-0.1, -0.05) is 6.07 Å². The molecule has 0 unspecified atom stereocenters. The van der Waals surface area contributed by atoms with Gasteiger partial charge in [-0.05, 0) is 25.0 Å². The van der Waals surface area contributed by atoms with Crippen LogP contribution in [0.25, 0.3) is 0 Å². The fourth-order valence-electron chi connectivity index (χ4n) is 1.48. The standard InChI is InChI=1S/C12H16N2O4/c13-10(17)6-1-2-7-14-12(18)11-8(15)4-3-5-9(11)16/h3-5,15-16H,1-2,6-7H2,(H2,13,17)(H,14,18). The normalized spacial score (nSPS) is 10.0. The summed E-state index contributed by atoms with van der Waals surface area (Å²) >= 11 is 0. The number of unbranched alkanes of at least 4 members (excludes halogenated alkanes) is 1. The number of phenols is 2. The van der Waals surface area contributed by atoms with Crippen molar-refractivity contribution in [2.75, 3.05) is 6.54 Å². The maximum absolute atomic E-state index is 11.7. The maximum atomic E-state index is 11.7. The van der Waals surface area contributed by atoms with Gasteiger partial charge in [0, 0.05) is 13.0 Å². The van der Waals surface area contributed by atoms with E-state index in [1.807, 2.05) is 0 Å². The van der Waals surface area contributed by atoms with Crippen molar-refractivity contribution in [1.82, 2.24) is 5.32 Å². The molecule has 2 amide bonds. The highest BCUT2D eigenvalue weighted by Crippen LogP contribution is 2.25. The molecular formula is C12H16N2O4. The first-order chi connectivity index (χ1) is 8.52. The van der Waals surface area contributed by atoms with Gasteiger partial charge in [-0.2, -0.15) is 0 Å². The number of phenolic OH excluding ortho intramolecular Hbond substituents is 2. The van der Waals surface area contributed by atoms with Crippen molar-refractivity contribution >= 4 is 11.8 Å². The SMILES string of the molecule is NC(=O)CCCCNC(=O)c1c(O)cccc1O. The molecule has 0 heterocycles. The molecule has 0 aromatic heterocycles. The number of amides is 2. The van der Waals surface area contributed by atoms with Gasteiger partial charge < -0.3 is 21.3 Å². The van der Waals surface area contributed by atoms with Gasteiger partial charge in [-0.25, -0.2) is 0 Å². The average Bonchev–Trinajstić information content (AvgIpc) is 2.27. The number of hydrogen-bond donors (Lipinski definition) is 4. The largest absolute Gasteiger partial charge is 0.507 e. The molecule has 0 aliphatic rings. The summed E-state index contributed by atoms with van der Waals surface area (Å²) in [5, 5.41) is 21.5. The van der Waals surface area contributed by atoms with Crippen LogP contribution < -0.4 is 11.1 Å². The van der Waals surface area contributed by atoms with Crippen molar-refractivity contribution < 1.29 is 19.8 Å². The third-order valence-corrected chi connectivity index (χ3v) is 2.38. The zero-order chi connectivity index (χ0) is 13.5. The van der Waals surface area contributed by atoms with Gasteiger partial charge in [0.15, 0.2) is 0 Å². The molecule has 18 heavy (non-hydrogen) atoms. The molecular weight excluding hydrogens is 236 g/mol. The van der Waals surface area contributed by atoms with Gasteiger partial charge in [0.05, 0.1) is 0 Å². The number of carbonyl (C=O) groups is 2. The number of carbonyl (C=O) groups excluding carboxylic acids is 2. The van der Waals surface area contributed by atoms with E-state index in [1.165, 1.54) is 18.2 Å². The van der Waals surface area contributed by atoms with Crippen LogP contribution in [0.3, 0.4) is 0 Å². The molecule has 6 heteroatoms. The highest BCUT2D eigenvalue weighted by atomic mass is 16.3. The lowest BCUT2D eigenvalue weighted by Gasteiger charge is -2.07. The fourth-order valence-corrected chi connectivity index (χ4v) is 1.48. The Bertz CT molecular complexity index is 425. The minimum atomic E-state index is -0.551. The topological polar surface area (TPSA) is 113 Å². The van der Waals surface area contributed by atoms with Crippen molar-refractivity contribution in [2.24, 2.45) is 5.73 Å². The molecule has 0 aliphatic carbocycles. The third-order valence-electron chi connectivity index (χ3n) is 2.38. The summed E-state index contributed by atoms with van der Waals surface area (Å²) < 4.78 is 0. The molecule has 6 nitrogen and oxygen atoms in total. The van der Waals surface area contributed by atoms with Crippen molar-refractivity contribution in [3.8, 4) is 11.5 Å². The highest BCUT2D eigenvalue weighted by Gasteiger charge is 2.14. The lowest BCUT2D eigenvalue weighted by molar-refractivity contribution is -0.118. The van der Waals surface area contributed by atoms with Gasteiger partial charge in [-0.3, -0.25) is 9.59 Å². The second-order valence-electron chi connectivity index (χ2n) is 3.85. The molecule has 0 fully saturated rings. The molecule has 0 saturated carbocycles. The van der Waals surface area contributed by atoms with E-state index in [1.54, 1.807) is 0 Å². The summed E-state index contributed by atoms with van der Waals surface area (Å²) in [4.78, 5) is 22.1. The summed E-state index contributed by atoms with van der Waals surface area (Å²) in [6.45, 7) is 0.347. The van der Waals surface area contributed by atoms with Crippen LogP contribution in [-0.2, 0) is 4.79 Å². The van der Waals surface area contributed by atoms with Crippen LogP contribution >= 0.6 is 0 Å². The number of aromatic hydroxyl groups is 2. The Hall–Kier alpha value is -2.24. The van der Waals surface area contributed by atoms with Crippen LogP contribution in [-0.4, -0.2) is 28.6 Å². The molecule has 0 aliphatic heterocycles. The molecule has 1 aromatic rings. The maximum Gasteiger partial charge on any atom is 0.258 e. The third kappa shape index (κ3) is 3.97. The lowest BCUT2D eigenvalue weighted by atomic mass is 10.1. The molecule has 0 atom stereocenters. The van der Waals surface area contributed by atoms with E-state index in [2.05, 4.69) is 5.32 Å². The summed E-state index contributed by atoms with van der Waals surface area (Å²) in [6.07, 6.45) is 1.46. The quantitative estimate of drug-likeness (QED) is 0.551. The van der Waals surface area contributed by atoms with Crippen molar-refractivity contribution in [1.29, 1.82) is 0 Å². The van der Waals surface area contributed by atoms with Gasteiger partial charge >= 0.3 is 0 Å². The number of rotatable bonds is 6. The van der Waals surface area contributed by atoms with Crippen molar-refractivity contribution in [3.05, 3.63) is 23.8 Å². The average molecular weight is 252 g/mol. The van der Waals surface area contributed by atoms with Gasteiger partial charge in [0.25, 0.3) is 5.91 Å². The summed E-state index contributed by atoms with van der Waals surface area (Å²) in [5.41, 5.74) is 4.83. The van der Waals surface area contributed by atoms with Gasteiger partial charge in [0.2, 0.25) is 5.91 Å². The Labute approximate surface area is 104 Å². The number of hydrogen-bond acceptors (Lipinski definition) is 4. The molecule has 1 rings (SSSR count). The Morgan fingerprint density at radius 1 is 1.17 bits per heavy atom. The predicted octanol–water partition coefficient (Wildman–Crippen LogP) is 0.483. The minimum Gasteiger partial charge on any atom is -0.507 e. The van der Waals surface area contributed by atoms with E-state index in [0.717, 1.165) is 0 Å². The van der Waals surface area contributed by atoms with Crippen molar-refractivity contribution in [2.45, 2.75) is 19.3 Å². The second-order valence-corrected chi connectivity index (χ2v) is 3.85. The first-order valence-electron chi connectivity index (χ1n) is 5.60. The first-order valence-corrected chi connectivity index (χ1v) is 5.60. The van der Waals surface area contributed by atoms with Crippen molar-refractivity contribution in [3.63, 3.8) is 0 Å². The van der Waals surface area contributed by atoms with Crippen LogP contribution in [0, 0.1) is 0 Å². The molecule has 0 spiro atoms. The minimum absolute atomic E-state index is 0.146. The smallest absolute Gasteiger partial charge is 0.258 e. The molecule has 0 bridgehead atoms. The van der Waals surface area contributed by atoms with Crippen LogP contribution in [0.5, 0.6) is 11.5 Å². The van der Waals surface area contributed by atoms with E-state index in [0.29, 0.717) is 19.4 Å². The fraction of sp³-hybridized carbons (Fsp3) is 0.333. The monoisotopic (exact) mass is 252 g/mol. The van der Waals surface area contributed by atoms with E-state index >= 15 is 0 Å². The zero-order valence-corrected chi connectivity index (χ0v) is 9.85. The van der Waals surface area contributed by atoms with Crippen LogP contribution in [0.15, 0.2) is 18.2 Å². The van der Waals surface area contributed by atoms with E-state index in [9.17, 15) is 19.8 Å². The number of primary amides is 1. The first kappa shape index (κ1) is 13.8. The van der Waals surface area contributed by atoms with E-state index in [4.69, 9.17) is 5.73 Å². The summed E-state index contributed by atoms with van der Waals surface area (Å²) in [5.74, 6) is -1.47. The van der Waals surface area contributed by atoms with Gasteiger partial charge in [0.1, 0.15) is 17.1 Å². The second kappa shape index (κ2) is 6.48. The Balaban J connectivity index is 2.44. The molecule has 98 valence electrons. The van der Waals surface area contributed by atoms with Crippen LogP contribution in [0.4, 0.5) is 0 Å². The van der Waals surface area contributed by atoms with E-state index < -0.39 is 5.91 Å². The zero-order valence-electron chi connectivity index (χ0n) is 9.85. The molecule has 5 N–H and O–H groups in total. The number of benzene rings is 1. The Morgan fingerprint density at radius 3 is 2.33 bits per heavy atom. The lowest BCUT2D eigenvalue weighted by Crippen LogP contribution is -2.24. The molecule has 0 saturated heterocycles. The van der Waals surface area contributed by atoms with Gasteiger partial charge in [-0.15, -0.1) is 0 Å². The van der Waals surface area contributed by atoms with Crippen LogP contribution in [0.1, 0.15) is 29.6 Å². The summed E-state index contributed by atoms with van der Waals surface area (Å²) in [7, 11) is 0. The number of nitrogens with two attached hydrogens (primary N) is 1. The molecule has 1 aromatic carbocycles. The summed E-state index contributed by atoms with van der Waals surface area (Å²) in [6, 6.07) is 4.08.